The molecule has 0 heterocycles. The van der Waals surface area contributed by atoms with Crippen LogP contribution in [0.3, 0.4) is 0 Å². The predicted octanol–water partition coefficient (Wildman–Crippen LogP) is 1.18. The molecule has 0 amide bonds. The van der Waals surface area contributed by atoms with E-state index in [-0.39, 0.29) is 5.56 Å². The fourth-order valence-electron chi connectivity index (χ4n) is 1.10. The molecule has 0 unspecified atom stereocenters. The number of hydrogen-bond acceptors (Lipinski definition) is 3. The summed E-state index contributed by atoms with van der Waals surface area (Å²) < 4.78 is 17.7. The van der Waals surface area contributed by atoms with Gasteiger partial charge in [-0.15, -0.1) is 0 Å². The lowest BCUT2D eigenvalue weighted by Crippen LogP contribution is -2.05. The van der Waals surface area contributed by atoms with Crippen LogP contribution >= 0.6 is 0 Å². The maximum absolute atomic E-state index is 13.2. The third-order valence-corrected chi connectivity index (χ3v) is 1.87. The van der Waals surface area contributed by atoms with Crippen molar-refractivity contribution in [3.8, 4) is 11.8 Å². The van der Waals surface area contributed by atoms with Gasteiger partial charge in [0.25, 0.3) is 0 Å². The maximum atomic E-state index is 13.2. The summed E-state index contributed by atoms with van der Waals surface area (Å²) in [7, 11) is 2.99. The van der Waals surface area contributed by atoms with E-state index in [9.17, 15) is 9.18 Å². The van der Waals surface area contributed by atoms with E-state index in [1.165, 1.54) is 25.3 Å². The largest absolute Gasteiger partial charge is 0.465 e. The molecule has 1 N–H and O–H groups in total. The van der Waals surface area contributed by atoms with E-state index in [0.29, 0.717) is 12.1 Å². The zero-order chi connectivity index (χ0) is 12.0. The molecule has 0 radical (unpaired) electrons. The standard InChI is InChI=1S/C12H12FNO2/c1-14-7-3-4-9-5-6-11(13)10(8-9)12(15)16-2/h5-6,8,14H,7H2,1-2H3. The van der Waals surface area contributed by atoms with Crippen LogP contribution < -0.4 is 5.32 Å². The smallest absolute Gasteiger partial charge is 0.340 e. The molecule has 1 aromatic carbocycles. The Morgan fingerprint density at radius 3 is 2.94 bits per heavy atom. The van der Waals surface area contributed by atoms with Crippen molar-refractivity contribution in [2.75, 3.05) is 20.7 Å². The van der Waals surface area contributed by atoms with Gasteiger partial charge in [-0.2, -0.15) is 0 Å². The van der Waals surface area contributed by atoms with E-state index < -0.39 is 11.8 Å². The molecule has 0 spiro atoms. The zero-order valence-electron chi connectivity index (χ0n) is 9.13. The van der Waals surface area contributed by atoms with Gasteiger partial charge in [0.15, 0.2) is 0 Å². The van der Waals surface area contributed by atoms with E-state index in [1.807, 2.05) is 0 Å². The number of carbonyl (C=O) groups excluding carboxylic acids is 1. The Labute approximate surface area is 93.6 Å². The first-order valence-corrected chi connectivity index (χ1v) is 4.70. The van der Waals surface area contributed by atoms with Gasteiger partial charge in [-0.05, 0) is 25.2 Å². The molecule has 0 bridgehead atoms. The lowest BCUT2D eigenvalue weighted by molar-refractivity contribution is 0.0595. The van der Waals surface area contributed by atoms with Gasteiger partial charge >= 0.3 is 5.97 Å². The van der Waals surface area contributed by atoms with Crippen LogP contribution in [0.15, 0.2) is 18.2 Å². The molecule has 1 rings (SSSR count). The summed E-state index contributed by atoms with van der Waals surface area (Å²) in [6.45, 7) is 0.533. The summed E-state index contributed by atoms with van der Waals surface area (Å²) in [5, 5.41) is 2.86. The number of nitrogens with one attached hydrogen (secondary N) is 1. The predicted molar refractivity (Wildman–Crippen MR) is 58.5 cm³/mol. The van der Waals surface area contributed by atoms with Gasteiger partial charge < -0.3 is 10.1 Å². The van der Waals surface area contributed by atoms with Crippen molar-refractivity contribution in [1.29, 1.82) is 0 Å². The lowest BCUT2D eigenvalue weighted by Gasteiger charge is -2.01. The first kappa shape index (κ1) is 12.2. The van der Waals surface area contributed by atoms with Gasteiger partial charge in [0.05, 0.1) is 19.2 Å². The van der Waals surface area contributed by atoms with Crippen molar-refractivity contribution in [1.82, 2.24) is 5.32 Å². The first-order valence-electron chi connectivity index (χ1n) is 4.70. The minimum Gasteiger partial charge on any atom is -0.465 e. The molecule has 84 valence electrons. The van der Waals surface area contributed by atoms with E-state index in [0.717, 1.165) is 0 Å². The Balaban J connectivity index is 2.99. The molecule has 1 aromatic rings. The second-order valence-corrected chi connectivity index (χ2v) is 3.02. The fraction of sp³-hybridized carbons (Fsp3) is 0.250. The van der Waals surface area contributed by atoms with E-state index in [1.54, 1.807) is 7.05 Å². The second-order valence-electron chi connectivity index (χ2n) is 3.02. The van der Waals surface area contributed by atoms with Crippen LogP contribution in [0.25, 0.3) is 0 Å². The molecular formula is C12H12FNO2. The molecule has 3 nitrogen and oxygen atoms in total. The van der Waals surface area contributed by atoms with Crippen molar-refractivity contribution >= 4 is 5.97 Å². The summed E-state index contributed by atoms with van der Waals surface area (Å²) in [4.78, 5) is 11.2. The van der Waals surface area contributed by atoms with Crippen molar-refractivity contribution < 1.29 is 13.9 Å². The second kappa shape index (κ2) is 5.89. The van der Waals surface area contributed by atoms with Crippen molar-refractivity contribution in [2.24, 2.45) is 0 Å². The molecule has 16 heavy (non-hydrogen) atoms. The summed E-state index contributed by atoms with van der Waals surface area (Å²) in [5.41, 5.74) is 0.482. The van der Waals surface area contributed by atoms with Crippen molar-refractivity contribution in [2.45, 2.75) is 0 Å². The van der Waals surface area contributed by atoms with Crippen LogP contribution in [0, 0.1) is 17.7 Å². The lowest BCUT2D eigenvalue weighted by atomic mass is 10.1. The molecule has 0 atom stereocenters. The van der Waals surface area contributed by atoms with Crippen LogP contribution in [0.1, 0.15) is 15.9 Å². The van der Waals surface area contributed by atoms with Gasteiger partial charge in [0.1, 0.15) is 5.82 Å². The average Bonchev–Trinajstić information content (AvgIpc) is 2.30. The van der Waals surface area contributed by atoms with Gasteiger partial charge in [0, 0.05) is 5.56 Å². The highest BCUT2D eigenvalue weighted by atomic mass is 19.1. The van der Waals surface area contributed by atoms with E-state index >= 15 is 0 Å². The number of benzene rings is 1. The monoisotopic (exact) mass is 221 g/mol. The molecule has 0 saturated carbocycles. The van der Waals surface area contributed by atoms with Crippen LogP contribution in [0.4, 0.5) is 4.39 Å². The van der Waals surface area contributed by atoms with Crippen LogP contribution in [0.5, 0.6) is 0 Å². The van der Waals surface area contributed by atoms with Crippen LogP contribution in [-0.4, -0.2) is 26.7 Å². The summed E-state index contributed by atoms with van der Waals surface area (Å²) in [6.07, 6.45) is 0. The number of carbonyl (C=O) groups is 1. The SMILES string of the molecule is CNCC#Cc1ccc(F)c(C(=O)OC)c1. The zero-order valence-corrected chi connectivity index (χ0v) is 9.13. The number of halogens is 1. The van der Waals surface area contributed by atoms with Gasteiger partial charge in [-0.1, -0.05) is 11.8 Å². The van der Waals surface area contributed by atoms with E-state index in [2.05, 4.69) is 21.9 Å². The van der Waals surface area contributed by atoms with Crippen molar-refractivity contribution in [3.05, 3.63) is 35.1 Å². The third kappa shape index (κ3) is 3.07. The highest BCUT2D eigenvalue weighted by Gasteiger charge is 2.11. The molecule has 4 heteroatoms. The minimum absolute atomic E-state index is 0.0984. The Morgan fingerprint density at radius 1 is 1.56 bits per heavy atom. The summed E-state index contributed by atoms with van der Waals surface area (Å²) in [6, 6.07) is 4.10. The Morgan fingerprint density at radius 2 is 2.31 bits per heavy atom. The van der Waals surface area contributed by atoms with Gasteiger partial charge in [-0.3, -0.25) is 0 Å². The number of ether oxygens (including phenoxy) is 1. The quantitative estimate of drug-likeness (QED) is 0.602. The topological polar surface area (TPSA) is 38.3 Å². The number of hydrogen-bond donors (Lipinski definition) is 1. The van der Waals surface area contributed by atoms with Gasteiger partial charge in [-0.25, -0.2) is 9.18 Å². The molecule has 0 fully saturated rings. The number of esters is 1. The molecule has 0 saturated heterocycles. The van der Waals surface area contributed by atoms with Gasteiger partial charge in [0.2, 0.25) is 0 Å². The third-order valence-electron chi connectivity index (χ3n) is 1.87. The minimum atomic E-state index is -0.699. The maximum Gasteiger partial charge on any atom is 0.340 e. The Bertz CT molecular complexity index is 446. The summed E-state index contributed by atoms with van der Waals surface area (Å²) >= 11 is 0. The Kier molecular flexibility index (Phi) is 4.49. The molecular weight excluding hydrogens is 209 g/mol. The molecule has 0 aliphatic heterocycles. The van der Waals surface area contributed by atoms with E-state index in [4.69, 9.17) is 0 Å². The first-order chi connectivity index (χ1) is 7.69. The normalized spacial score (nSPS) is 9.19. The molecule has 0 aliphatic rings. The average molecular weight is 221 g/mol. The van der Waals surface area contributed by atoms with Crippen LogP contribution in [0.2, 0.25) is 0 Å². The highest BCUT2D eigenvalue weighted by Crippen LogP contribution is 2.10. The van der Waals surface area contributed by atoms with Crippen molar-refractivity contribution in [3.63, 3.8) is 0 Å². The van der Waals surface area contributed by atoms with Crippen LogP contribution in [-0.2, 0) is 4.74 Å². The number of methoxy groups -OCH3 is 1. The Hall–Kier alpha value is -1.86. The molecule has 0 aromatic heterocycles. The number of rotatable bonds is 2. The fourth-order valence-corrected chi connectivity index (χ4v) is 1.10. The summed E-state index contributed by atoms with van der Waals surface area (Å²) in [5.74, 6) is 4.32. The molecule has 0 aliphatic carbocycles. The highest BCUT2D eigenvalue weighted by molar-refractivity contribution is 5.90.